The molecule has 10 heteroatoms. The van der Waals surface area contributed by atoms with Crippen LogP contribution < -0.4 is 5.32 Å². The fraction of sp³-hybridized carbons (Fsp3) is 0.333. The Morgan fingerprint density at radius 1 is 1.07 bits per heavy atom. The lowest BCUT2D eigenvalue weighted by Crippen LogP contribution is -2.48. The van der Waals surface area contributed by atoms with E-state index < -0.39 is 17.6 Å². The van der Waals surface area contributed by atoms with E-state index in [1.807, 2.05) is 43.4 Å². The van der Waals surface area contributed by atoms with Crippen molar-refractivity contribution in [3.05, 3.63) is 99.3 Å². The van der Waals surface area contributed by atoms with Crippen LogP contribution in [-0.2, 0) is 21.7 Å². The van der Waals surface area contributed by atoms with Crippen LogP contribution >= 0.6 is 35.6 Å². The molecule has 1 saturated heterocycles. The first-order chi connectivity index (χ1) is 18.7. The molecule has 0 aromatic heterocycles. The van der Waals surface area contributed by atoms with Crippen molar-refractivity contribution in [2.45, 2.75) is 37.3 Å². The Morgan fingerprint density at radius 2 is 1.80 bits per heavy atom. The number of likely N-dealkylation sites (tertiary alicyclic amines) is 1. The van der Waals surface area contributed by atoms with Crippen LogP contribution in [0.2, 0.25) is 10.0 Å². The van der Waals surface area contributed by atoms with E-state index in [1.165, 1.54) is 12.1 Å². The number of nitrogens with zero attached hydrogens (tertiary/aromatic N) is 2. The van der Waals surface area contributed by atoms with Crippen LogP contribution in [0.1, 0.15) is 41.9 Å². The quantitative estimate of drug-likeness (QED) is 0.308. The highest BCUT2D eigenvalue weighted by atomic mass is 35.5. The topological polar surface area (TPSA) is 61.9 Å². The molecule has 212 valence electrons. The van der Waals surface area contributed by atoms with Crippen LogP contribution in [0.5, 0.6) is 0 Å². The van der Waals surface area contributed by atoms with Gasteiger partial charge < -0.3 is 14.5 Å². The Bertz CT molecular complexity index is 1370. The number of carbonyl (C=O) groups excluding carboxylic acids is 2. The van der Waals surface area contributed by atoms with Gasteiger partial charge >= 0.3 is 6.09 Å². The number of piperidine rings is 1. The number of likely N-dealkylation sites (N-methyl/N-ethyl adjacent to an activating group) is 1. The molecule has 2 amide bonds. The molecule has 6 nitrogen and oxygen atoms in total. The van der Waals surface area contributed by atoms with Crippen molar-refractivity contribution < 1.29 is 18.7 Å². The van der Waals surface area contributed by atoms with Crippen molar-refractivity contribution in [2.75, 3.05) is 32.0 Å². The third-order valence-corrected chi connectivity index (χ3v) is 8.42. The van der Waals surface area contributed by atoms with Crippen LogP contribution in [0.4, 0.5) is 14.9 Å². The number of hydrogen-bond donors (Lipinski definition) is 1. The van der Waals surface area contributed by atoms with Crippen molar-refractivity contribution in [1.82, 2.24) is 9.80 Å². The van der Waals surface area contributed by atoms with Crippen molar-refractivity contribution >= 4 is 53.3 Å². The van der Waals surface area contributed by atoms with Gasteiger partial charge in [-0.05, 0) is 54.4 Å². The van der Waals surface area contributed by atoms with Crippen LogP contribution in [0.15, 0.2) is 66.7 Å². The molecular weight excluding hydrogens is 576 g/mol. The second-order valence-electron chi connectivity index (χ2n) is 10.2. The predicted octanol–water partition coefficient (Wildman–Crippen LogP) is 7.24. The molecule has 2 aliphatic rings. The number of ether oxygens (including phenoxy) is 1. The molecule has 2 aliphatic heterocycles. The summed E-state index contributed by atoms with van der Waals surface area (Å²) in [4.78, 5) is 30.0. The number of anilines is 1. The van der Waals surface area contributed by atoms with Gasteiger partial charge in [0.05, 0.1) is 21.7 Å². The molecule has 40 heavy (non-hydrogen) atoms. The van der Waals surface area contributed by atoms with Crippen molar-refractivity contribution in [3.8, 4) is 0 Å². The molecule has 1 atom stereocenters. The van der Waals surface area contributed by atoms with E-state index >= 15 is 0 Å². The maximum absolute atomic E-state index is 14.1. The van der Waals surface area contributed by atoms with Crippen LogP contribution in [0.25, 0.3) is 0 Å². The summed E-state index contributed by atoms with van der Waals surface area (Å²) in [6.45, 7) is 2.45. The third kappa shape index (κ3) is 6.55. The Morgan fingerprint density at radius 3 is 2.50 bits per heavy atom. The second kappa shape index (κ2) is 12.8. The minimum atomic E-state index is -0.856. The van der Waals surface area contributed by atoms with Crippen LogP contribution in [-0.4, -0.2) is 48.5 Å². The summed E-state index contributed by atoms with van der Waals surface area (Å²) in [5.74, 6) is -0.767. The second-order valence-corrected chi connectivity index (χ2v) is 11.0. The Balaban J connectivity index is 0.00000370. The van der Waals surface area contributed by atoms with Gasteiger partial charge in [-0.1, -0.05) is 59.6 Å². The third-order valence-electron chi connectivity index (χ3n) is 7.68. The zero-order valence-corrected chi connectivity index (χ0v) is 24.4. The smallest absolute Gasteiger partial charge is 0.412 e. The molecule has 0 aliphatic carbocycles. The van der Waals surface area contributed by atoms with Gasteiger partial charge in [0.2, 0.25) is 5.91 Å². The van der Waals surface area contributed by atoms with E-state index in [2.05, 4.69) is 10.2 Å². The summed E-state index contributed by atoms with van der Waals surface area (Å²) in [7, 11) is 1.81. The molecule has 5 rings (SSSR count). The lowest BCUT2D eigenvalue weighted by atomic mass is 9.82. The molecule has 0 bridgehead atoms. The number of amides is 2. The monoisotopic (exact) mass is 605 g/mol. The first-order valence-electron chi connectivity index (χ1n) is 13.0. The Hall–Kier alpha value is -2.84. The van der Waals surface area contributed by atoms with Gasteiger partial charge in [-0.15, -0.1) is 12.4 Å². The fourth-order valence-electron chi connectivity index (χ4n) is 5.55. The van der Waals surface area contributed by atoms with Gasteiger partial charge in [0, 0.05) is 45.1 Å². The first-order valence-corrected chi connectivity index (χ1v) is 13.8. The summed E-state index contributed by atoms with van der Waals surface area (Å²) >= 11 is 12.5. The number of nitrogens with one attached hydrogen (secondary N) is 1. The van der Waals surface area contributed by atoms with E-state index in [-0.39, 0.29) is 24.1 Å². The SMILES string of the molecule is CN(Cc1ccccc1)C(=O)[C@@H](CCN1CCC2(CC1)OC(=O)Nc1ccc(F)cc12)c1ccc(Cl)c(Cl)c1.Cl. The van der Waals surface area contributed by atoms with Gasteiger partial charge in [-0.3, -0.25) is 10.1 Å². The minimum Gasteiger partial charge on any atom is -0.438 e. The van der Waals surface area contributed by atoms with E-state index in [0.29, 0.717) is 66.7 Å². The highest BCUT2D eigenvalue weighted by molar-refractivity contribution is 6.42. The summed E-state index contributed by atoms with van der Waals surface area (Å²) in [6.07, 6.45) is 1.14. The van der Waals surface area contributed by atoms with Crippen LogP contribution in [0.3, 0.4) is 0 Å². The molecule has 3 aromatic carbocycles. The normalized spacial score (nSPS) is 16.8. The number of hydrogen-bond acceptors (Lipinski definition) is 4. The summed E-state index contributed by atoms with van der Waals surface area (Å²) in [5, 5.41) is 3.53. The van der Waals surface area contributed by atoms with Crippen molar-refractivity contribution in [3.63, 3.8) is 0 Å². The average molecular weight is 607 g/mol. The van der Waals surface area contributed by atoms with Crippen molar-refractivity contribution in [1.29, 1.82) is 0 Å². The maximum atomic E-state index is 14.1. The zero-order valence-electron chi connectivity index (χ0n) is 22.0. The van der Waals surface area contributed by atoms with Gasteiger partial charge in [0.15, 0.2) is 0 Å². The fourth-order valence-corrected chi connectivity index (χ4v) is 5.86. The lowest BCUT2D eigenvalue weighted by Gasteiger charge is -2.44. The minimum absolute atomic E-state index is 0. The van der Waals surface area contributed by atoms with E-state index in [1.54, 1.807) is 23.1 Å². The van der Waals surface area contributed by atoms with E-state index in [0.717, 1.165) is 11.1 Å². The highest BCUT2D eigenvalue weighted by Gasteiger charge is 2.44. The Labute approximate surface area is 249 Å². The number of fused-ring (bicyclic) bond motifs is 2. The molecule has 0 radical (unpaired) electrons. The molecule has 1 spiro atoms. The standard InChI is InChI=1S/C30H30Cl2FN3O3.ClH/c1-35(19-20-5-3-2-4-6-20)28(37)23(21-7-9-25(31)26(32)17-21)11-14-36-15-12-30(13-16-36)24-18-22(33)8-10-27(24)34-29(38)39-30;/h2-10,17-18,23H,11-16,19H2,1H3,(H,34,38);1H/t23-;/m0./s1. The molecular formula is C30H31Cl3FN3O3. The van der Waals surface area contributed by atoms with Gasteiger partial charge in [-0.25, -0.2) is 9.18 Å². The lowest BCUT2D eigenvalue weighted by molar-refractivity contribution is -0.132. The van der Waals surface area contributed by atoms with Gasteiger partial charge in [-0.2, -0.15) is 0 Å². The zero-order chi connectivity index (χ0) is 27.6. The van der Waals surface area contributed by atoms with Gasteiger partial charge in [0.1, 0.15) is 11.4 Å². The summed E-state index contributed by atoms with van der Waals surface area (Å²) < 4.78 is 19.8. The highest BCUT2D eigenvalue weighted by Crippen LogP contribution is 2.44. The molecule has 0 saturated carbocycles. The van der Waals surface area contributed by atoms with Crippen LogP contribution in [0, 0.1) is 5.82 Å². The summed E-state index contributed by atoms with van der Waals surface area (Å²) in [6, 6.07) is 19.6. The number of rotatable bonds is 7. The first kappa shape index (κ1) is 30.1. The molecule has 3 aromatic rings. The number of benzene rings is 3. The number of carbonyl (C=O) groups is 2. The van der Waals surface area contributed by atoms with E-state index in [9.17, 15) is 14.0 Å². The summed E-state index contributed by atoms with van der Waals surface area (Å²) in [5.41, 5.74) is 2.28. The molecule has 1 N–H and O–H groups in total. The number of halogens is 4. The molecule has 0 unspecified atom stereocenters. The average Bonchev–Trinajstić information content (AvgIpc) is 2.92. The van der Waals surface area contributed by atoms with Crippen molar-refractivity contribution in [2.24, 2.45) is 0 Å². The predicted molar refractivity (Wildman–Crippen MR) is 158 cm³/mol. The molecule has 2 heterocycles. The van der Waals surface area contributed by atoms with Gasteiger partial charge in [0.25, 0.3) is 0 Å². The van der Waals surface area contributed by atoms with E-state index in [4.69, 9.17) is 27.9 Å². The Kier molecular flexibility index (Phi) is 9.62. The largest absolute Gasteiger partial charge is 0.438 e. The molecule has 1 fully saturated rings. The maximum Gasteiger partial charge on any atom is 0.412 e.